The second-order valence-electron chi connectivity index (χ2n) is 8.39. The summed E-state index contributed by atoms with van der Waals surface area (Å²) in [4.78, 5) is 12.9. The van der Waals surface area contributed by atoms with Crippen LogP contribution in [0.1, 0.15) is 41.5 Å². The third-order valence-electron chi connectivity index (χ3n) is 5.76. The van der Waals surface area contributed by atoms with Crippen molar-refractivity contribution >= 4 is 34.1 Å². The van der Waals surface area contributed by atoms with E-state index in [-0.39, 0.29) is 11.6 Å². The summed E-state index contributed by atoms with van der Waals surface area (Å²) < 4.78 is 7.23. The molecule has 2 heterocycles. The Morgan fingerprint density at radius 1 is 1.03 bits per heavy atom. The van der Waals surface area contributed by atoms with Gasteiger partial charge >= 0.3 is 0 Å². The molecule has 0 bridgehead atoms. The second kappa shape index (κ2) is 8.76. The van der Waals surface area contributed by atoms with E-state index >= 15 is 0 Å². The summed E-state index contributed by atoms with van der Waals surface area (Å²) in [5, 5.41) is 16.9. The number of carbonyl (C=O) groups excluding carboxylic acids is 1. The molecule has 0 saturated heterocycles. The van der Waals surface area contributed by atoms with Gasteiger partial charge < -0.3 is 9.84 Å². The molecule has 0 unspecified atom stereocenters. The number of benzene rings is 3. The van der Waals surface area contributed by atoms with Crippen molar-refractivity contribution in [3.05, 3.63) is 88.7 Å². The van der Waals surface area contributed by atoms with Crippen LogP contribution in [0, 0.1) is 6.92 Å². The van der Waals surface area contributed by atoms with Crippen LogP contribution < -0.4 is 5.32 Å². The lowest BCUT2D eigenvalue weighted by Gasteiger charge is -2.08. The summed E-state index contributed by atoms with van der Waals surface area (Å²) in [5.74, 6) is 0.748. The lowest BCUT2D eigenvalue weighted by atomic mass is 10.0. The van der Waals surface area contributed by atoms with Crippen LogP contribution in [-0.4, -0.2) is 26.1 Å². The third kappa shape index (κ3) is 4.06. The Labute approximate surface area is 201 Å². The van der Waals surface area contributed by atoms with Gasteiger partial charge in [0.25, 0.3) is 5.91 Å². The van der Waals surface area contributed by atoms with Gasteiger partial charge in [-0.05, 0) is 73.0 Å². The van der Waals surface area contributed by atoms with Crippen molar-refractivity contribution in [1.29, 1.82) is 0 Å². The Bertz CT molecular complexity index is 1480. The standard InChI is InChI=1S/C26H22ClN5O2/c1-15(2)17-6-10-20(11-7-17)28-26(33)24-16(3)32(31-29-24)21-12-13-23-22(14-21)25(34-30-23)18-4-8-19(27)9-5-18/h4-15H,1-3H3,(H,28,33). The van der Waals surface area contributed by atoms with Crippen LogP contribution in [-0.2, 0) is 0 Å². The fourth-order valence-corrected chi connectivity index (χ4v) is 3.92. The number of nitrogens with zero attached hydrogens (tertiary/aromatic N) is 4. The Balaban J connectivity index is 1.44. The van der Waals surface area contributed by atoms with E-state index in [2.05, 4.69) is 34.6 Å². The summed E-state index contributed by atoms with van der Waals surface area (Å²) in [6.07, 6.45) is 0. The topological polar surface area (TPSA) is 85.8 Å². The number of hydrogen-bond acceptors (Lipinski definition) is 5. The smallest absolute Gasteiger partial charge is 0.278 e. The number of halogens is 1. The number of aromatic nitrogens is 4. The molecule has 0 atom stereocenters. The van der Waals surface area contributed by atoms with Crippen molar-refractivity contribution in [1.82, 2.24) is 20.2 Å². The van der Waals surface area contributed by atoms with Crippen molar-refractivity contribution in [3.8, 4) is 17.0 Å². The molecule has 1 amide bonds. The van der Waals surface area contributed by atoms with E-state index in [4.69, 9.17) is 16.1 Å². The van der Waals surface area contributed by atoms with E-state index in [9.17, 15) is 4.79 Å². The summed E-state index contributed by atoms with van der Waals surface area (Å²) in [5.41, 5.74) is 5.13. The first-order valence-corrected chi connectivity index (χ1v) is 11.3. The molecule has 5 aromatic rings. The minimum Gasteiger partial charge on any atom is -0.355 e. The van der Waals surface area contributed by atoms with Gasteiger partial charge in [-0.2, -0.15) is 0 Å². The number of hydrogen-bond donors (Lipinski definition) is 1. The summed E-state index contributed by atoms with van der Waals surface area (Å²) >= 11 is 6.01. The molecule has 0 saturated carbocycles. The maximum Gasteiger partial charge on any atom is 0.278 e. The molecule has 8 heteroatoms. The highest BCUT2D eigenvalue weighted by Gasteiger charge is 2.19. The van der Waals surface area contributed by atoms with E-state index in [0.717, 1.165) is 16.6 Å². The molecule has 0 aliphatic heterocycles. The van der Waals surface area contributed by atoms with E-state index in [1.165, 1.54) is 5.56 Å². The van der Waals surface area contributed by atoms with Crippen LogP contribution >= 0.6 is 11.6 Å². The lowest BCUT2D eigenvalue weighted by molar-refractivity contribution is 0.102. The Kier molecular flexibility index (Phi) is 5.63. The van der Waals surface area contributed by atoms with Gasteiger partial charge in [-0.1, -0.05) is 48.0 Å². The molecule has 2 aromatic heterocycles. The zero-order valence-electron chi connectivity index (χ0n) is 18.9. The van der Waals surface area contributed by atoms with Crippen molar-refractivity contribution in [3.63, 3.8) is 0 Å². The molecule has 0 spiro atoms. The zero-order valence-corrected chi connectivity index (χ0v) is 19.7. The number of nitrogens with one attached hydrogen (secondary N) is 1. The second-order valence-corrected chi connectivity index (χ2v) is 8.82. The molecule has 0 fully saturated rings. The maximum absolute atomic E-state index is 12.9. The normalized spacial score (nSPS) is 11.3. The van der Waals surface area contributed by atoms with Gasteiger partial charge in [-0.25, -0.2) is 4.68 Å². The molecule has 0 radical (unpaired) electrons. The molecule has 170 valence electrons. The van der Waals surface area contributed by atoms with Crippen molar-refractivity contribution in [2.24, 2.45) is 0 Å². The molecule has 7 nitrogen and oxygen atoms in total. The molecule has 0 aliphatic carbocycles. The molecular formula is C26H22ClN5O2. The number of anilines is 1. The van der Waals surface area contributed by atoms with Crippen LogP contribution in [0.3, 0.4) is 0 Å². The maximum atomic E-state index is 12.9. The Morgan fingerprint density at radius 2 is 1.76 bits per heavy atom. The molecule has 0 aliphatic rings. The minimum absolute atomic E-state index is 0.260. The average molecular weight is 472 g/mol. The van der Waals surface area contributed by atoms with E-state index in [1.54, 1.807) is 16.8 Å². The van der Waals surface area contributed by atoms with Crippen molar-refractivity contribution in [2.45, 2.75) is 26.7 Å². The quantitative estimate of drug-likeness (QED) is 0.320. The fourth-order valence-electron chi connectivity index (χ4n) is 3.80. The van der Waals surface area contributed by atoms with Gasteiger partial charge in [0.2, 0.25) is 0 Å². The lowest BCUT2D eigenvalue weighted by Crippen LogP contribution is -2.14. The van der Waals surface area contributed by atoms with Gasteiger partial charge in [0.1, 0.15) is 5.52 Å². The summed E-state index contributed by atoms with van der Waals surface area (Å²) in [6.45, 7) is 6.07. The molecule has 34 heavy (non-hydrogen) atoms. The predicted octanol–water partition coefficient (Wildman–Crippen LogP) is 6.41. The minimum atomic E-state index is -0.311. The highest BCUT2D eigenvalue weighted by atomic mass is 35.5. The van der Waals surface area contributed by atoms with E-state index in [1.807, 2.05) is 61.5 Å². The molecule has 1 N–H and O–H groups in total. The van der Waals surface area contributed by atoms with Gasteiger partial charge in [0.15, 0.2) is 11.5 Å². The number of carbonyl (C=O) groups is 1. The van der Waals surface area contributed by atoms with Gasteiger partial charge in [0, 0.05) is 16.3 Å². The van der Waals surface area contributed by atoms with Crippen LogP contribution in [0.25, 0.3) is 27.9 Å². The van der Waals surface area contributed by atoms with E-state index < -0.39 is 0 Å². The highest BCUT2D eigenvalue weighted by molar-refractivity contribution is 6.30. The fraction of sp³-hybridized carbons (Fsp3) is 0.154. The Hall–Kier alpha value is -3.97. The van der Waals surface area contributed by atoms with Gasteiger partial charge in [0.05, 0.1) is 16.8 Å². The highest BCUT2D eigenvalue weighted by Crippen LogP contribution is 2.31. The monoisotopic (exact) mass is 471 g/mol. The SMILES string of the molecule is Cc1c(C(=O)Nc2ccc(C(C)C)cc2)nnn1-c1ccc2noc(-c3ccc(Cl)cc3)c2c1. The molecular weight excluding hydrogens is 450 g/mol. The molecule has 5 rings (SSSR count). The van der Waals surface area contributed by atoms with Gasteiger partial charge in [-0.3, -0.25) is 4.79 Å². The van der Waals surface area contributed by atoms with Gasteiger partial charge in [-0.15, -0.1) is 5.10 Å². The largest absolute Gasteiger partial charge is 0.355 e. The number of rotatable bonds is 5. The van der Waals surface area contributed by atoms with Crippen molar-refractivity contribution < 1.29 is 9.32 Å². The zero-order chi connectivity index (χ0) is 23.8. The van der Waals surface area contributed by atoms with Crippen LogP contribution in [0.2, 0.25) is 5.02 Å². The van der Waals surface area contributed by atoms with Crippen molar-refractivity contribution in [2.75, 3.05) is 5.32 Å². The van der Waals surface area contributed by atoms with E-state index in [0.29, 0.717) is 33.6 Å². The third-order valence-corrected chi connectivity index (χ3v) is 6.01. The van der Waals surface area contributed by atoms with Crippen LogP contribution in [0.5, 0.6) is 0 Å². The summed E-state index contributed by atoms with van der Waals surface area (Å²) in [7, 11) is 0. The first kappa shape index (κ1) is 21.9. The number of fused-ring (bicyclic) bond motifs is 1. The average Bonchev–Trinajstić information content (AvgIpc) is 3.43. The molecule has 3 aromatic carbocycles. The Morgan fingerprint density at radius 3 is 2.47 bits per heavy atom. The first-order valence-electron chi connectivity index (χ1n) is 10.9. The number of amides is 1. The van der Waals surface area contributed by atoms with Crippen LogP contribution in [0.4, 0.5) is 5.69 Å². The predicted molar refractivity (Wildman–Crippen MR) is 133 cm³/mol. The summed E-state index contributed by atoms with van der Waals surface area (Å²) in [6, 6.07) is 20.8. The first-order chi connectivity index (χ1) is 16.4. The van der Waals surface area contributed by atoms with Crippen LogP contribution in [0.15, 0.2) is 71.3 Å².